The zero-order chi connectivity index (χ0) is 14.3. The monoisotopic (exact) mass is 265 g/mol. The van der Waals surface area contributed by atoms with E-state index in [1.165, 1.54) is 24.2 Å². The molecule has 0 fully saturated rings. The lowest BCUT2D eigenvalue weighted by Gasteiger charge is -2.21. The van der Waals surface area contributed by atoms with Gasteiger partial charge in [-0.1, -0.05) is 27.7 Å². The van der Waals surface area contributed by atoms with Gasteiger partial charge in [0, 0.05) is 18.3 Å². The Morgan fingerprint density at radius 1 is 1.26 bits per heavy atom. The molecule has 0 aliphatic carbocycles. The van der Waals surface area contributed by atoms with Crippen molar-refractivity contribution < 1.29 is 0 Å². The molecule has 1 aromatic rings. The Kier molecular flexibility index (Phi) is 7.14. The summed E-state index contributed by atoms with van der Waals surface area (Å²) in [6.07, 6.45) is 4.67. The summed E-state index contributed by atoms with van der Waals surface area (Å²) < 4.78 is 2.16. The number of rotatable bonds is 9. The second kappa shape index (κ2) is 8.36. The van der Waals surface area contributed by atoms with Crippen molar-refractivity contribution >= 4 is 0 Å². The number of hydrogen-bond donors (Lipinski definition) is 1. The fraction of sp³-hybridized carbons (Fsp3) is 0.812. The first kappa shape index (κ1) is 16.2. The van der Waals surface area contributed by atoms with Gasteiger partial charge in [0.2, 0.25) is 0 Å². The van der Waals surface area contributed by atoms with Crippen LogP contribution in [0, 0.1) is 5.92 Å². The first-order chi connectivity index (χ1) is 9.12. The molecule has 0 aliphatic heterocycles. The van der Waals surface area contributed by atoms with Crippen molar-refractivity contribution in [3.05, 3.63) is 17.5 Å². The molecule has 1 rings (SSSR count). The molecule has 19 heavy (non-hydrogen) atoms. The van der Waals surface area contributed by atoms with Gasteiger partial charge in [-0.3, -0.25) is 4.68 Å². The minimum atomic E-state index is 0.647. The Morgan fingerprint density at radius 2 is 2.00 bits per heavy atom. The quantitative estimate of drug-likeness (QED) is 0.741. The summed E-state index contributed by atoms with van der Waals surface area (Å²) in [4.78, 5) is 0. The fourth-order valence-corrected chi connectivity index (χ4v) is 2.60. The van der Waals surface area contributed by atoms with Gasteiger partial charge < -0.3 is 5.32 Å². The van der Waals surface area contributed by atoms with E-state index in [1.54, 1.807) is 0 Å². The molecule has 1 heterocycles. The summed E-state index contributed by atoms with van der Waals surface area (Å²) in [5.74, 6) is 0.710. The predicted molar refractivity (Wildman–Crippen MR) is 82.5 cm³/mol. The molecule has 1 unspecified atom stereocenters. The molecule has 1 aromatic heterocycles. The van der Waals surface area contributed by atoms with Gasteiger partial charge in [-0.15, -0.1) is 0 Å². The van der Waals surface area contributed by atoms with Crippen molar-refractivity contribution in [2.75, 3.05) is 6.54 Å². The highest BCUT2D eigenvalue weighted by Crippen LogP contribution is 2.13. The van der Waals surface area contributed by atoms with Crippen LogP contribution in [0.2, 0.25) is 0 Å². The van der Waals surface area contributed by atoms with Crippen molar-refractivity contribution in [2.24, 2.45) is 5.92 Å². The Balaban J connectivity index is 2.49. The average molecular weight is 265 g/mol. The molecule has 0 aromatic carbocycles. The van der Waals surface area contributed by atoms with E-state index in [1.807, 2.05) is 0 Å². The van der Waals surface area contributed by atoms with Crippen LogP contribution in [-0.4, -0.2) is 22.4 Å². The first-order valence-electron chi connectivity index (χ1n) is 7.91. The lowest BCUT2D eigenvalue weighted by molar-refractivity contribution is 0.375. The van der Waals surface area contributed by atoms with Gasteiger partial charge in [0.1, 0.15) is 0 Å². The average Bonchev–Trinajstić information content (AvgIpc) is 2.80. The third-order valence-electron chi connectivity index (χ3n) is 3.79. The normalized spacial score (nSPS) is 13.2. The molecule has 3 heteroatoms. The molecular formula is C16H31N3. The van der Waals surface area contributed by atoms with Crippen LogP contribution in [0.4, 0.5) is 0 Å². The molecule has 1 N–H and O–H groups in total. The topological polar surface area (TPSA) is 29.9 Å². The Labute approximate surface area is 118 Å². The molecule has 0 aliphatic rings. The van der Waals surface area contributed by atoms with E-state index in [9.17, 15) is 0 Å². The van der Waals surface area contributed by atoms with Gasteiger partial charge >= 0.3 is 0 Å². The number of nitrogens with one attached hydrogen (secondary N) is 1. The van der Waals surface area contributed by atoms with Crippen LogP contribution in [0.15, 0.2) is 6.07 Å². The number of aromatic nitrogens is 2. The van der Waals surface area contributed by atoms with Gasteiger partial charge in [-0.2, -0.15) is 5.10 Å². The van der Waals surface area contributed by atoms with E-state index < -0.39 is 0 Å². The van der Waals surface area contributed by atoms with Gasteiger partial charge in [-0.25, -0.2) is 0 Å². The first-order valence-corrected chi connectivity index (χ1v) is 7.91. The van der Waals surface area contributed by atoms with Crippen LogP contribution >= 0.6 is 0 Å². The molecule has 0 amide bonds. The summed E-state index contributed by atoms with van der Waals surface area (Å²) in [7, 11) is 0. The van der Waals surface area contributed by atoms with Crippen LogP contribution in [0.3, 0.4) is 0 Å². The van der Waals surface area contributed by atoms with Crippen molar-refractivity contribution in [3.8, 4) is 0 Å². The lowest BCUT2D eigenvalue weighted by atomic mass is 9.97. The highest BCUT2D eigenvalue weighted by atomic mass is 15.3. The summed E-state index contributed by atoms with van der Waals surface area (Å²) in [5, 5.41) is 8.21. The number of aryl methyl sites for hydroxylation is 3. The number of nitrogens with zero attached hydrogens (tertiary/aromatic N) is 2. The molecule has 0 saturated heterocycles. The van der Waals surface area contributed by atoms with Crippen LogP contribution in [0.5, 0.6) is 0 Å². The van der Waals surface area contributed by atoms with E-state index in [-0.39, 0.29) is 0 Å². The van der Waals surface area contributed by atoms with Crippen LogP contribution in [0.1, 0.15) is 58.8 Å². The molecule has 1 atom stereocenters. The molecule has 0 saturated carbocycles. The van der Waals surface area contributed by atoms with Gasteiger partial charge in [0.15, 0.2) is 0 Å². The second-order valence-corrected chi connectivity index (χ2v) is 5.60. The summed E-state index contributed by atoms with van der Waals surface area (Å²) in [6, 6.07) is 2.93. The summed E-state index contributed by atoms with van der Waals surface area (Å²) in [5.41, 5.74) is 2.63. The highest BCUT2D eigenvalue weighted by molar-refractivity contribution is 5.10. The highest BCUT2D eigenvalue weighted by Gasteiger charge is 2.12. The molecule has 110 valence electrons. The third kappa shape index (κ3) is 4.98. The zero-order valence-corrected chi connectivity index (χ0v) is 13.4. The van der Waals surface area contributed by atoms with Gasteiger partial charge in [0.25, 0.3) is 0 Å². The Morgan fingerprint density at radius 3 is 2.53 bits per heavy atom. The van der Waals surface area contributed by atoms with Crippen LogP contribution in [0.25, 0.3) is 0 Å². The van der Waals surface area contributed by atoms with Crippen LogP contribution in [-0.2, 0) is 19.4 Å². The fourth-order valence-electron chi connectivity index (χ4n) is 2.60. The zero-order valence-electron chi connectivity index (χ0n) is 13.4. The Hall–Kier alpha value is -0.830. The minimum Gasteiger partial charge on any atom is -0.314 e. The molecule has 0 radical (unpaired) electrons. The molecule has 3 nitrogen and oxygen atoms in total. The van der Waals surface area contributed by atoms with Crippen molar-refractivity contribution in [2.45, 2.75) is 72.9 Å². The van der Waals surface area contributed by atoms with E-state index in [0.717, 1.165) is 25.9 Å². The second-order valence-electron chi connectivity index (χ2n) is 5.60. The SMILES string of the molecule is CCNC(CCCc1cc(CC)nn1CC)C(C)C. The van der Waals surface area contributed by atoms with Crippen molar-refractivity contribution in [3.63, 3.8) is 0 Å². The smallest absolute Gasteiger partial charge is 0.0624 e. The predicted octanol–water partition coefficient (Wildman–Crippen LogP) is 3.42. The third-order valence-corrected chi connectivity index (χ3v) is 3.79. The molecular weight excluding hydrogens is 234 g/mol. The van der Waals surface area contributed by atoms with Gasteiger partial charge in [0.05, 0.1) is 5.69 Å². The van der Waals surface area contributed by atoms with E-state index >= 15 is 0 Å². The molecule has 0 bridgehead atoms. The largest absolute Gasteiger partial charge is 0.314 e. The number of hydrogen-bond acceptors (Lipinski definition) is 2. The van der Waals surface area contributed by atoms with E-state index in [2.05, 4.69) is 55.8 Å². The molecule has 0 spiro atoms. The van der Waals surface area contributed by atoms with Crippen molar-refractivity contribution in [1.29, 1.82) is 0 Å². The maximum atomic E-state index is 4.62. The minimum absolute atomic E-state index is 0.647. The maximum absolute atomic E-state index is 4.62. The standard InChI is InChI=1S/C16H31N3/c1-6-14-12-15(19(8-3)18-14)10-9-11-16(13(4)5)17-7-2/h12-13,16-17H,6-11H2,1-5H3. The lowest BCUT2D eigenvalue weighted by Crippen LogP contribution is -2.33. The van der Waals surface area contributed by atoms with Crippen molar-refractivity contribution in [1.82, 2.24) is 15.1 Å². The van der Waals surface area contributed by atoms with Gasteiger partial charge in [-0.05, 0) is 51.1 Å². The summed E-state index contributed by atoms with van der Waals surface area (Å²) >= 11 is 0. The van der Waals surface area contributed by atoms with Crippen LogP contribution < -0.4 is 5.32 Å². The van der Waals surface area contributed by atoms with E-state index in [4.69, 9.17) is 0 Å². The Bertz CT molecular complexity index is 355. The van der Waals surface area contributed by atoms with E-state index in [0.29, 0.717) is 12.0 Å². The maximum Gasteiger partial charge on any atom is 0.0624 e. The summed E-state index contributed by atoms with van der Waals surface area (Å²) in [6.45, 7) is 13.2.